The third kappa shape index (κ3) is 4.23. The quantitative estimate of drug-likeness (QED) is 0.853. The molecule has 2 aliphatic rings. The molecule has 0 radical (unpaired) electrons. The summed E-state index contributed by atoms with van der Waals surface area (Å²) in [7, 11) is 1.63. The molecule has 1 aromatic heterocycles. The average molecular weight is 385 g/mol. The van der Waals surface area contributed by atoms with Crippen LogP contribution in [0.3, 0.4) is 0 Å². The highest BCUT2D eigenvalue weighted by molar-refractivity contribution is 5.92. The van der Waals surface area contributed by atoms with E-state index >= 15 is 0 Å². The Balaban J connectivity index is 1.43. The first kappa shape index (κ1) is 19.0. The number of amides is 1. The molecule has 1 amide bonds. The van der Waals surface area contributed by atoms with Crippen molar-refractivity contribution in [3.05, 3.63) is 42.2 Å². The number of hydrogen-bond donors (Lipinski definition) is 1. The van der Waals surface area contributed by atoms with Crippen LogP contribution in [0.15, 0.2) is 40.8 Å². The highest BCUT2D eigenvalue weighted by Crippen LogP contribution is 2.31. The van der Waals surface area contributed by atoms with Gasteiger partial charge in [0.2, 0.25) is 0 Å². The first-order valence-corrected chi connectivity index (χ1v) is 9.95. The summed E-state index contributed by atoms with van der Waals surface area (Å²) in [5.74, 6) is 2.49. The second kappa shape index (κ2) is 8.80. The van der Waals surface area contributed by atoms with Gasteiger partial charge in [-0.3, -0.25) is 4.79 Å². The van der Waals surface area contributed by atoms with Crippen LogP contribution in [-0.2, 0) is 9.47 Å². The fourth-order valence-corrected chi connectivity index (χ4v) is 4.16. The normalized spacial score (nSPS) is 23.3. The lowest BCUT2D eigenvalue weighted by Crippen LogP contribution is -2.49. The van der Waals surface area contributed by atoms with E-state index in [-0.39, 0.29) is 11.9 Å². The Morgan fingerprint density at radius 2 is 1.75 bits per heavy atom. The molecule has 0 bridgehead atoms. The lowest BCUT2D eigenvalue weighted by molar-refractivity contribution is -0.0260. The van der Waals surface area contributed by atoms with E-state index < -0.39 is 0 Å². The number of carbonyl (C=O) groups excluding carboxylic acids is 1. The second-order valence-corrected chi connectivity index (χ2v) is 7.45. The molecule has 0 unspecified atom stereocenters. The zero-order chi connectivity index (χ0) is 19.3. The maximum Gasteiger partial charge on any atom is 0.287 e. The predicted molar refractivity (Wildman–Crippen MR) is 104 cm³/mol. The third-order valence-corrected chi connectivity index (χ3v) is 5.79. The smallest absolute Gasteiger partial charge is 0.287 e. The van der Waals surface area contributed by atoms with E-state index in [1.807, 2.05) is 30.3 Å². The summed E-state index contributed by atoms with van der Waals surface area (Å²) in [4.78, 5) is 12.8. The lowest BCUT2D eigenvalue weighted by Gasteiger charge is -2.38. The Bertz CT molecular complexity index is 778. The molecule has 28 heavy (non-hydrogen) atoms. The summed E-state index contributed by atoms with van der Waals surface area (Å²) in [6, 6.07) is 11.3. The lowest BCUT2D eigenvalue weighted by atomic mass is 9.79. The zero-order valence-electron chi connectivity index (χ0n) is 16.2. The van der Waals surface area contributed by atoms with E-state index in [4.69, 9.17) is 18.6 Å². The molecule has 6 heteroatoms. The van der Waals surface area contributed by atoms with Crippen LogP contribution in [0.2, 0.25) is 0 Å². The van der Waals surface area contributed by atoms with Crippen molar-refractivity contribution in [1.82, 2.24) is 5.32 Å². The second-order valence-electron chi connectivity index (χ2n) is 7.45. The van der Waals surface area contributed by atoms with Crippen LogP contribution in [0.25, 0.3) is 11.3 Å². The van der Waals surface area contributed by atoms with Crippen LogP contribution in [-0.4, -0.2) is 45.5 Å². The minimum absolute atomic E-state index is 0.110. The van der Waals surface area contributed by atoms with Crippen molar-refractivity contribution in [3.63, 3.8) is 0 Å². The molecule has 2 aliphatic heterocycles. The molecule has 0 spiro atoms. The van der Waals surface area contributed by atoms with Gasteiger partial charge in [0.15, 0.2) is 5.76 Å². The SMILES string of the molecule is COc1ccc(-c2ccc(C(=O)N[C@@H]3CCOC[C@@H]3C3CCOCC3)o2)cc1. The molecule has 150 valence electrons. The monoisotopic (exact) mass is 385 g/mol. The van der Waals surface area contributed by atoms with Crippen LogP contribution in [0.4, 0.5) is 0 Å². The number of benzene rings is 1. The molecule has 0 saturated carbocycles. The summed E-state index contributed by atoms with van der Waals surface area (Å²) < 4.78 is 22.2. The number of ether oxygens (including phenoxy) is 3. The Labute approximate surface area is 165 Å². The molecule has 1 N–H and O–H groups in total. The zero-order valence-corrected chi connectivity index (χ0v) is 16.2. The molecule has 2 saturated heterocycles. The van der Waals surface area contributed by atoms with E-state index in [0.717, 1.165) is 43.8 Å². The summed E-state index contributed by atoms with van der Waals surface area (Å²) >= 11 is 0. The summed E-state index contributed by atoms with van der Waals surface area (Å²) in [5.41, 5.74) is 0.908. The topological polar surface area (TPSA) is 69.9 Å². The van der Waals surface area contributed by atoms with Gasteiger partial charge in [0.25, 0.3) is 5.91 Å². The van der Waals surface area contributed by atoms with Gasteiger partial charge >= 0.3 is 0 Å². The van der Waals surface area contributed by atoms with Crippen LogP contribution in [0, 0.1) is 11.8 Å². The fourth-order valence-electron chi connectivity index (χ4n) is 4.16. The molecule has 4 rings (SSSR count). The molecular formula is C22H27NO5. The fraction of sp³-hybridized carbons (Fsp3) is 0.500. The Morgan fingerprint density at radius 1 is 1.00 bits per heavy atom. The van der Waals surface area contributed by atoms with Crippen molar-refractivity contribution in [3.8, 4) is 17.1 Å². The van der Waals surface area contributed by atoms with E-state index in [0.29, 0.717) is 36.6 Å². The maximum atomic E-state index is 12.8. The molecule has 1 aromatic carbocycles. The number of furan rings is 1. The Kier molecular flexibility index (Phi) is 5.98. The first-order chi connectivity index (χ1) is 13.7. The van der Waals surface area contributed by atoms with Crippen molar-refractivity contribution in [2.24, 2.45) is 11.8 Å². The van der Waals surface area contributed by atoms with Gasteiger partial charge in [-0.2, -0.15) is 0 Å². The summed E-state index contributed by atoms with van der Waals surface area (Å²) in [6.45, 7) is 2.97. The number of rotatable bonds is 5. The first-order valence-electron chi connectivity index (χ1n) is 9.95. The largest absolute Gasteiger partial charge is 0.497 e. The van der Waals surface area contributed by atoms with Crippen molar-refractivity contribution in [1.29, 1.82) is 0 Å². The predicted octanol–water partition coefficient (Wildman–Crippen LogP) is 3.52. The third-order valence-electron chi connectivity index (χ3n) is 5.79. The molecule has 6 nitrogen and oxygen atoms in total. The van der Waals surface area contributed by atoms with Gasteiger partial charge in [0, 0.05) is 37.3 Å². The van der Waals surface area contributed by atoms with Gasteiger partial charge < -0.3 is 23.9 Å². The molecule has 2 atom stereocenters. The van der Waals surface area contributed by atoms with Crippen LogP contribution in [0.1, 0.15) is 29.8 Å². The number of carbonyl (C=O) groups is 1. The van der Waals surface area contributed by atoms with Gasteiger partial charge in [-0.05, 0) is 61.6 Å². The van der Waals surface area contributed by atoms with Gasteiger partial charge in [-0.25, -0.2) is 0 Å². The molecule has 2 aromatic rings. The van der Waals surface area contributed by atoms with Gasteiger partial charge in [0.1, 0.15) is 11.5 Å². The van der Waals surface area contributed by atoms with Crippen LogP contribution < -0.4 is 10.1 Å². The Hall–Kier alpha value is -2.31. The summed E-state index contributed by atoms with van der Waals surface area (Å²) in [6.07, 6.45) is 2.89. The average Bonchev–Trinajstić information content (AvgIpc) is 3.25. The molecule has 2 fully saturated rings. The number of methoxy groups -OCH3 is 1. The number of hydrogen-bond acceptors (Lipinski definition) is 5. The van der Waals surface area contributed by atoms with Crippen molar-refractivity contribution < 1.29 is 23.4 Å². The summed E-state index contributed by atoms with van der Waals surface area (Å²) in [5, 5.41) is 3.19. The van der Waals surface area contributed by atoms with Crippen LogP contribution in [0.5, 0.6) is 5.75 Å². The Morgan fingerprint density at radius 3 is 2.50 bits per heavy atom. The van der Waals surface area contributed by atoms with Crippen LogP contribution >= 0.6 is 0 Å². The van der Waals surface area contributed by atoms with Gasteiger partial charge in [-0.1, -0.05) is 0 Å². The minimum atomic E-state index is -0.163. The van der Waals surface area contributed by atoms with Gasteiger partial charge in [0.05, 0.1) is 13.7 Å². The molecular weight excluding hydrogens is 358 g/mol. The molecule has 3 heterocycles. The van der Waals surface area contributed by atoms with Gasteiger partial charge in [-0.15, -0.1) is 0 Å². The molecule has 0 aliphatic carbocycles. The van der Waals surface area contributed by atoms with Crippen molar-refractivity contribution in [2.75, 3.05) is 33.5 Å². The maximum absolute atomic E-state index is 12.8. The standard InChI is InChI=1S/C22H27NO5/c1-25-17-4-2-16(3-5-17)20-6-7-21(28-20)22(24)23-19-10-13-27-14-18(19)15-8-11-26-12-9-15/h2-7,15,18-19H,8-14H2,1H3,(H,23,24)/t18-,19-/m1/s1. The van der Waals surface area contributed by atoms with Crippen molar-refractivity contribution >= 4 is 5.91 Å². The highest BCUT2D eigenvalue weighted by atomic mass is 16.5. The number of nitrogens with one attached hydrogen (secondary N) is 1. The van der Waals surface area contributed by atoms with E-state index in [1.54, 1.807) is 13.2 Å². The van der Waals surface area contributed by atoms with E-state index in [9.17, 15) is 4.79 Å². The van der Waals surface area contributed by atoms with Crippen molar-refractivity contribution in [2.45, 2.75) is 25.3 Å². The van der Waals surface area contributed by atoms with E-state index in [2.05, 4.69) is 5.32 Å². The highest BCUT2D eigenvalue weighted by Gasteiger charge is 2.34. The van der Waals surface area contributed by atoms with E-state index in [1.165, 1.54) is 0 Å². The minimum Gasteiger partial charge on any atom is -0.497 e.